The number of pyridine rings is 2. The summed E-state index contributed by atoms with van der Waals surface area (Å²) in [6.45, 7) is 3.83. The molecule has 0 radical (unpaired) electrons. The first kappa shape index (κ1) is 27.7. The van der Waals surface area contributed by atoms with Crippen molar-refractivity contribution in [3.8, 4) is 28.2 Å². The summed E-state index contributed by atoms with van der Waals surface area (Å²) in [5.41, 5.74) is 6.08. The van der Waals surface area contributed by atoms with Gasteiger partial charge in [-0.3, -0.25) is 14.6 Å². The first-order valence-corrected chi connectivity index (χ1v) is 13.7. The Morgan fingerprint density at radius 2 is 1.88 bits per heavy atom. The van der Waals surface area contributed by atoms with Gasteiger partial charge in [-0.05, 0) is 80.1 Å². The molecule has 4 aromatic heterocycles. The molecule has 3 N–H and O–H groups in total. The zero-order valence-electron chi connectivity index (χ0n) is 23.8. The highest BCUT2D eigenvalue weighted by Gasteiger charge is 2.17. The number of amides is 1. The number of aryl methyl sites for hydroxylation is 1. The number of likely N-dealkylation sites (N-methyl/N-ethyl adjacent to an activating group) is 1. The molecule has 216 valence electrons. The zero-order valence-corrected chi connectivity index (χ0v) is 23.8. The van der Waals surface area contributed by atoms with E-state index in [4.69, 9.17) is 0 Å². The summed E-state index contributed by atoms with van der Waals surface area (Å²) in [5, 5.41) is 17.2. The smallest absolute Gasteiger partial charge is 0.275 e. The normalized spacial score (nSPS) is 12.0. The lowest BCUT2D eigenvalue weighted by Crippen LogP contribution is -2.37. The maximum atomic E-state index is 13.9. The highest BCUT2D eigenvalue weighted by atomic mass is 19.1. The summed E-state index contributed by atoms with van der Waals surface area (Å²) in [5.74, 6) is -0.613. The van der Waals surface area contributed by atoms with Crippen LogP contribution in [0.4, 0.5) is 10.1 Å². The van der Waals surface area contributed by atoms with Crippen molar-refractivity contribution in [2.45, 2.75) is 26.4 Å². The number of H-pyrrole nitrogens is 1. The average molecular weight is 577 g/mol. The number of fused-ring (bicyclic) bond motifs is 1. The second-order valence-corrected chi connectivity index (χ2v) is 10.4. The molecule has 0 saturated heterocycles. The largest absolute Gasteiger partial charge is 0.320 e. The van der Waals surface area contributed by atoms with E-state index in [9.17, 15) is 14.0 Å². The molecule has 6 aromatic rings. The lowest BCUT2D eigenvalue weighted by Gasteiger charge is -2.17. The van der Waals surface area contributed by atoms with Crippen LogP contribution in [-0.2, 0) is 11.3 Å². The van der Waals surface area contributed by atoms with E-state index < -0.39 is 6.04 Å². The van der Waals surface area contributed by atoms with Crippen molar-refractivity contribution in [3.05, 3.63) is 113 Å². The molecule has 0 fully saturated rings. The van der Waals surface area contributed by atoms with E-state index in [1.807, 2.05) is 54.1 Å². The zero-order chi connectivity index (χ0) is 30.1. The van der Waals surface area contributed by atoms with Crippen molar-refractivity contribution in [2.24, 2.45) is 0 Å². The number of nitrogens with zero attached hydrogens (tertiary/aromatic N) is 5. The number of aromatic nitrogens is 6. The van der Waals surface area contributed by atoms with E-state index in [0.29, 0.717) is 11.4 Å². The Balaban J connectivity index is 1.44. The van der Waals surface area contributed by atoms with Gasteiger partial charge >= 0.3 is 0 Å². The van der Waals surface area contributed by atoms with Crippen LogP contribution in [0.1, 0.15) is 18.1 Å². The van der Waals surface area contributed by atoms with Crippen molar-refractivity contribution in [1.29, 1.82) is 0 Å². The number of nitrogens with one attached hydrogen (secondary N) is 3. The maximum absolute atomic E-state index is 13.9. The number of carbonyl (C=O) groups is 1. The van der Waals surface area contributed by atoms with Gasteiger partial charge in [-0.25, -0.2) is 4.39 Å². The molecule has 0 spiro atoms. The first-order valence-electron chi connectivity index (χ1n) is 13.7. The molecular formula is C32H29FN8O2. The van der Waals surface area contributed by atoms with Gasteiger partial charge in [0.1, 0.15) is 17.2 Å². The highest BCUT2D eigenvalue weighted by Crippen LogP contribution is 2.28. The Bertz CT molecular complexity index is 2010. The molecule has 0 unspecified atom stereocenters. The number of hydrogen-bond acceptors (Lipinski definition) is 6. The predicted octanol–water partition coefficient (Wildman–Crippen LogP) is 4.68. The molecule has 1 atom stereocenters. The third kappa shape index (κ3) is 5.45. The van der Waals surface area contributed by atoms with E-state index in [-0.39, 0.29) is 29.5 Å². The molecule has 6 rings (SSSR count). The van der Waals surface area contributed by atoms with Crippen LogP contribution in [0.5, 0.6) is 0 Å². The Kier molecular flexibility index (Phi) is 7.39. The third-order valence-electron chi connectivity index (χ3n) is 7.49. The van der Waals surface area contributed by atoms with Crippen LogP contribution in [0.15, 0.2) is 90.2 Å². The Morgan fingerprint density at radius 3 is 2.67 bits per heavy atom. The van der Waals surface area contributed by atoms with Crippen molar-refractivity contribution < 1.29 is 9.18 Å². The van der Waals surface area contributed by atoms with Crippen LogP contribution in [0.25, 0.3) is 39.1 Å². The number of hydrogen-bond donors (Lipinski definition) is 3. The molecule has 2 aromatic carbocycles. The van der Waals surface area contributed by atoms with Gasteiger partial charge in [0.2, 0.25) is 5.91 Å². The van der Waals surface area contributed by atoms with E-state index >= 15 is 0 Å². The van der Waals surface area contributed by atoms with Crippen molar-refractivity contribution in [3.63, 3.8) is 0 Å². The molecule has 0 aliphatic heterocycles. The van der Waals surface area contributed by atoms with E-state index in [1.165, 1.54) is 12.1 Å². The van der Waals surface area contributed by atoms with Crippen LogP contribution in [0, 0.1) is 12.7 Å². The second-order valence-electron chi connectivity index (χ2n) is 10.4. The maximum Gasteiger partial charge on any atom is 0.275 e. The fourth-order valence-corrected chi connectivity index (χ4v) is 5.09. The van der Waals surface area contributed by atoms with Gasteiger partial charge in [-0.1, -0.05) is 18.2 Å². The topological polar surface area (TPSA) is 123 Å². The van der Waals surface area contributed by atoms with Gasteiger partial charge in [0.25, 0.3) is 5.56 Å². The lowest BCUT2D eigenvalue weighted by molar-refractivity contribution is -0.117. The van der Waals surface area contributed by atoms with Crippen LogP contribution < -0.4 is 16.2 Å². The molecule has 0 aliphatic carbocycles. The van der Waals surface area contributed by atoms with E-state index in [2.05, 4.69) is 31.0 Å². The molecule has 10 nitrogen and oxygen atoms in total. The van der Waals surface area contributed by atoms with Crippen LogP contribution >= 0.6 is 0 Å². The molecule has 1 amide bonds. The van der Waals surface area contributed by atoms with Crippen molar-refractivity contribution in [1.82, 2.24) is 34.8 Å². The standard InChI is InChI=1S/C32H29FN8O2/c1-19-17-40(30-9-7-24(33)13-26(19)30)25-11-21(14-35-15-25)18-41-29(10-8-27(32(41)43)37-31(42)20(2)34-3)23-6-4-5-22(12-23)28-16-36-39-38-28/h4-17,20,34H,18H2,1-3H3,(H,37,42)(H,36,38,39)/t20-/m0/s1. The molecule has 0 bridgehead atoms. The molecule has 11 heteroatoms. The second kappa shape index (κ2) is 11.5. The van der Waals surface area contributed by atoms with Crippen molar-refractivity contribution >= 4 is 22.5 Å². The number of halogens is 1. The van der Waals surface area contributed by atoms with Crippen LogP contribution in [0.3, 0.4) is 0 Å². The van der Waals surface area contributed by atoms with Gasteiger partial charge < -0.3 is 19.8 Å². The monoisotopic (exact) mass is 576 g/mol. The molecular weight excluding hydrogens is 547 g/mol. The highest BCUT2D eigenvalue weighted by molar-refractivity contribution is 5.94. The minimum Gasteiger partial charge on any atom is -0.320 e. The summed E-state index contributed by atoms with van der Waals surface area (Å²) in [6, 6.07) is 17.3. The summed E-state index contributed by atoms with van der Waals surface area (Å²) < 4.78 is 17.5. The molecule has 43 heavy (non-hydrogen) atoms. The number of aromatic amines is 1. The quantitative estimate of drug-likeness (QED) is 0.242. The Labute approximate surface area is 246 Å². The predicted molar refractivity (Wildman–Crippen MR) is 164 cm³/mol. The Morgan fingerprint density at radius 1 is 1.05 bits per heavy atom. The van der Waals surface area contributed by atoms with Crippen LogP contribution in [-0.4, -0.2) is 48.5 Å². The Hall–Kier alpha value is -5.42. The van der Waals surface area contributed by atoms with Gasteiger partial charge in [-0.2, -0.15) is 15.4 Å². The number of anilines is 1. The summed E-state index contributed by atoms with van der Waals surface area (Å²) in [7, 11) is 1.68. The van der Waals surface area contributed by atoms with Crippen molar-refractivity contribution in [2.75, 3.05) is 12.4 Å². The minimum atomic E-state index is -0.485. The summed E-state index contributed by atoms with van der Waals surface area (Å²) >= 11 is 0. The first-order chi connectivity index (χ1) is 20.8. The molecule has 4 heterocycles. The van der Waals surface area contributed by atoms with Gasteiger partial charge in [0.15, 0.2) is 0 Å². The van der Waals surface area contributed by atoms with E-state index in [0.717, 1.165) is 38.8 Å². The summed E-state index contributed by atoms with van der Waals surface area (Å²) in [4.78, 5) is 31.1. The summed E-state index contributed by atoms with van der Waals surface area (Å²) in [6.07, 6.45) is 7.01. The number of rotatable bonds is 8. The molecule has 0 aliphatic rings. The van der Waals surface area contributed by atoms with E-state index in [1.54, 1.807) is 49.3 Å². The minimum absolute atomic E-state index is 0.168. The third-order valence-corrected chi connectivity index (χ3v) is 7.49. The lowest BCUT2D eigenvalue weighted by atomic mass is 10.0. The molecule has 0 saturated carbocycles. The SMILES string of the molecule is CN[C@@H](C)C(=O)Nc1ccc(-c2cccc(-c3cn[nH]n3)c2)n(Cc2cncc(-n3cc(C)c4cc(F)ccc43)c2)c1=O. The van der Waals surface area contributed by atoms with Crippen LogP contribution in [0.2, 0.25) is 0 Å². The fraction of sp³-hybridized carbons (Fsp3) is 0.156. The fourth-order valence-electron chi connectivity index (χ4n) is 5.09. The number of benzene rings is 2. The van der Waals surface area contributed by atoms with Gasteiger partial charge in [-0.15, -0.1) is 0 Å². The van der Waals surface area contributed by atoms with Gasteiger partial charge in [0.05, 0.1) is 41.9 Å². The van der Waals surface area contributed by atoms with Gasteiger partial charge in [0, 0.05) is 23.3 Å². The number of carbonyl (C=O) groups excluding carboxylic acids is 1. The average Bonchev–Trinajstić information content (AvgIpc) is 3.67.